The molecule has 1 saturated heterocycles. The number of carbonyl (C=O) groups is 1. The van der Waals surface area contributed by atoms with Crippen LogP contribution < -0.4 is 16.0 Å². The molecule has 8 heteroatoms. The third-order valence-corrected chi connectivity index (χ3v) is 6.07. The monoisotopic (exact) mass is 408 g/mol. The Balaban J connectivity index is 1.37. The summed E-state index contributed by atoms with van der Waals surface area (Å²) in [5, 5.41) is 7.56. The average molecular weight is 408 g/mol. The number of hydrogen-bond acceptors (Lipinski definition) is 5. The van der Waals surface area contributed by atoms with Crippen molar-refractivity contribution in [2.24, 2.45) is 11.7 Å². The fourth-order valence-corrected chi connectivity index (χ4v) is 4.27. The highest BCUT2D eigenvalue weighted by molar-refractivity contribution is 5.95. The molecule has 3 heterocycles. The lowest BCUT2D eigenvalue weighted by Crippen LogP contribution is -2.40. The van der Waals surface area contributed by atoms with Crippen LogP contribution in [-0.2, 0) is 4.79 Å². The molecular formula is C22H25FN6O. The molecule has 0 bridgehead atoms. The van der Waals surface area contributed by atoms with Gasteiger partial charge in [0.05, 0.1) is 5.69 Å². The van der Waals surface area contributed by atoms with Crippen molar-refractivity contribution in [1.29, 1.82) is 0 Å². The van der Waals surface area contributed by atoms with E-state index in [1.165, 1.54) is 12.1 Å². The molecule has 2 aliphatic rings. The SMILES string of the molecule is Cc1cc2nc(NC(=O)[C@@H]3C[C@H]3c3ccc(F)cc3)cc(N3CCC(N)CC3)n2n1. The van der Waals surface area contributed by atoms with Gasteiger partial charge in [-0.3, -0.25) is 4.79 Å². The van der Waals surface area contributed by atoms with Gasteiger partial charge in [0.25, 0.3) is 0 Å². The molecule has 2 aromatic heterocycles. The zero-order valence-electron chi connectivity index (χ0n) is 16.9. The first-order valence-electron chi connectivity index (χ1n) is 10.4. The number of amides is 1. The van der Waals surface area contributed by atoms with E-state index in [4.69, 9.17) is 5.73 Å². The molecule has 1 amide bonds. The zero-order valence-corrected chi connectivity index (χ0v) is 16.9. The Morgan fingerprint density at radius 1 is 1.20 bits per heavy atom. The highest BCUT2D eigenvalue weighted by Gasteiger charge is 2.44. The van der Waals surface area contributed by atoms with Gasteiger partial charge in [-0.05, 0) is 49.8 Å². The predicted octanol–water partition coefficient (Wildman–Crippen LogP) is 2.85. The topological polar surface area (TPSA) is 88.5 Å². The maximum Gasteiger partial charge on any atom is 0.229 e. The van der Waals surface area contributed by atoms with Crippen molar-refractivity contribution >= 4 is 23.2 Å². The van der Waals surface area contributed by atoms with Crippen LogP contribution in [0.5, 0.6) is 0 Å². The Morgan fingerprint density at radius 2 is 1.93 bits per heavy atom. The highest BCUT2D eigenvalue weighted by Crippen LogP contribution is 2.48. The largest absolute Gasteiger partial charge is 0.356 e. The van der Waals surface area contributed by atoms with Gasteiger partial charge in [-0.25, -0.2) is 9.37 Å². The molecule has 1 aromatic carbocycles. The van der Waals surface area contributed by atoms with Gasteiger partial charge in [0.15, 0.2) is 5.65 Å². The smallest absolute Gasteiger partial charge is 0.229 e. The Hall–Kier alpha value is -3.00. The number of nitrogens with two attached hydrogens (primary N) is 1. The molecule has 1 aliphatic heterocycles. The molecule has 3 N–H and O–H groups in total. The Morgan fingerprint density at radius 3 is 2.67 bits per heavy atom. The first kappa shape index (κ1) is 19.0. The van der Waals surface area contributed by atoms with Crippen molar-refractivity contribution < 1.29 is 9.18 Å². The van der Waals surface area contributed by atoms with Crippen LogP contribution in [0.15, 0.2) is 36.4 Å². The van der Waals surface area contributed by atoms with Crippen molar-refractivity contribution in [2.45, 2.75) is 38.1 Å². The number of anilines is 2. The van der Waals surface area contributed by atoms with Crippen LogP contribution in [0.4, 0.5) is 16.0 Å². The number of nitrogens with one attached hydrogen (secondary N) is 1. The summed E-state index contributed by atoms with van der Waals surface area (Å²) in [6.45, 7) is 3.63. The minimum Gasteiger partial charge on any atom is -0.356 e. The second-order valence-electron chi connectivity index (χ2n) is 8.37. The molecule has 5 rings (SSSR count). The van der Waals surface area contributed by atoms with Gasteiger partial charge in [-0.2, -0.15) is 9.61 Å². The first-order chi connectivity index (χ1) is 14.5. The standard InChI is InChI=1S/C22H25FN6O/c1-13-10-20-25-19(12-21(29(20)27-13)28-8-6-16(24)7-9-28)26-22(30)18-11-17(18)14-2-4-15(23)5-3-14/h2-5,10,12,16-18H,6-9,11,24H2,1H3,(H,25,26,30)/t17-,18+/m0/s1. The lowest BCUT2D eigenvalue weighted by molar-refractivity contribution is -0.117. The fourth-order valence-electron chi connectivity index (χ4n) is 4.27. The minimum atomic E-state index is -0.264. The van der Waals surface area contributed by atoms with Crippen molar-refractivity contribution in [3.8, 4) is 0 Å². The summed E-state index contributed by atoms with van der Waals surface area (Å²) >= 11 is 0. The van der Waals surface area contributed by atoms with Gasteiger partial charge in [0, 0.05) is 37.2 Å². The summed E-state index contributed by atoms with van der Waals surface area (Å²) in [5.41, 5.74) is 8.64. The van der Waals surface area contributed by atoms with Crippen LogP contribution in [0, 0.1) is 18.7 Å². The van der Waals surface area contributed by atoms with E-state index in [-0.39, 0.29) is 29.6 Å². The zero-order chi connectivity index (χ0) is 20.8. The van der Waals surface area contributed by atoms with Gasteiger partial charge < -0.3 is 16.0 Å². The number of fused-ring (bicyclic) bond motifs is 1. The molecule has 3 aromatic rings. The fraction of sp³-hybridized carbons (Fsp3) is 0.409. The van der Waals surface area contributed by atoms with Gasteiger partial charge in [-0.1, -0.05) is 12.1 Å². The van der Waals surface area contributed by atoms with Gasteiger partial charge >= 0.3 is 0 Å². The first-order valence-corrected chi connectivity index (χ1v) is 10.4. The number of carbonyl (C=O) groups excluding carboxylic acids is 1. The van der Waals surface area contributed by atoms with E-state index < -0.39 is 0 Å². The maximum atomic E-state index is 13.2. The third kappa shape index (κ3) is 3.63. The molecule has 30 heavy (non-hydrogen) atoms. The molecule has 2 fully saturated rings. The van der Waals surface area contributed by atoms with Crippen molar-refractivity contribution in [3.63, 3.8) is 0 Å². The number of piperidine rings is 1. The van der Waals surface area contributed by atoms with Gasteiger partial charge in [-0.15, -0.1) is 0 Å². The van der Waals surface area contributed by atoms with Crippen LogP contribution >= 0.6 is 0 Å². The van der Waals surface area contributed by atoms with Crippen molar-refractivity contribution in [3.05, 3.63) is 53.5 Å². The number of hydrogen-bond donors (Lipinski definition) is 2. The van der Waals surface area contributed by atoms with Crippen molar-refractivity contribution in [2.75, 3.05) is 23.3 Å². The van der Waals surface area contributed by atoms with Gasteiger partial charge in [0.1, 0.15) is 17.5 Å². The van der Waals surface area contributed by atoms with Crippen LogP contribution in [0.25, 0.3) is 5.65 Å². The predicted molar refractivity (Wildman–Crippen MR) is 113 cm³/mol. The minimum absolute atomic E-state index is 0.0518. The van der Waals surface area contributed by atoms with E-state index in [1.54, 1.807) is 12.1 Å². The summed E-state index contributed by atoms with van der Waals surface area (Å²) in [6, 6.07) is 10.4. The second-order valence-corrected chi connectivity index (χ2v) is 8.37. The molecule has 1 aliphatic carbocycles. The van der Waals surface area contributed by atoms with Crippen molar-refractivity contribution in [1.82, 2.24) is 14.6 Å². The summed E-state index contributed by atoms with van der Waals surface area (Å²) in [4.78, 5) is 19.7. The molecule has 7 nitrogen and oxygen atoms in total. The summed E-state index contributed by atoms with van der Waals surface area (Å²) in [6.07, 6.45) is 2.61. The number of rotatable bonds is 4. The van der Waals surface area contributed by atoms with E-state index in [9.17, 15) is 9.18 Å². The number of halogens is 1. The number of aryl methyl sites for hydroxylation is 1. The highest BCUT2D eigenvalue weighted by atomic mass is 19.1. The van der Waals surface area contributed by atoms with E-state index in [0.29, 0.717) is 11.5 Å². The summed E-state index contributed by atoms with van der Waals surface area (Å²) in [5.74, 6) is 1.15. The van der Waals surface area contributed by atoms with E-state index in [2.05, 4.69) is 20.3 Å². The van der Waals surface area contributed by atoms with E-state index >= 15 is 0 Å². The van der Waals surface area contributed by atoms with E-state index in [1.807, 2.05) is 23.6 Å². The number of benzene rings is 1. The molecule has 0 unspecified atom stereocenters. The third-order valence-electron chi connectivity index (χ3n) is 6.07. The summed E-state index contributed by atoms with van der Waals surface area (Å²) < 4.78 is 15.0. The molecular weight excluding hydrogens is 383 g/mol. The van der Waals surface area contributed by atoms with Crippen LogP contribution in [0.3, 0.4) is 0 Å². The normalized spacial score (nSPS) is 21.8. The maximum absolute atomic E-state index is 13.2. The second kappa shape index (κ2) is 7.36. The molecule has 0 spiro atoms. The molecule has 0 radical (unpaired) electrons. The average Bonchev–Trinajstić information content (AvgIpc) is 3.43. The Bertz CT molecular complexity index is 1090. The van der Waals surface area contributed by atoms with Crippen LogP contribution in [0.1, 0.15) is 36.4 Å². The molecule has 1 saturated carbocycles. The molecule has 2 atom stereocenters. The van der Waals surface area contributed by atoms with Crippen LogP contribution in [0.2, 0.25) is 0 Å². The number of aromatic nitrogens is 3. The lowest BCUT2D eigenvalue weighted by atomic mass is 10.1. The Kier molecular flexibility index (Phi) is 4.66. The number of nitrogens with zero attached hydrogens (tertiary/aromatic N) is 4. The quantitative estimate of drug-likeness (QED) is 0.693. The van der Waals surface area contributed by atoms with E-state index in [0.717, 1.165) is 49.4 Å². The Labute approximate surface area is 174 Å². The molecule has 156 valence electrons. The summed E-state index contributed by atoms with van der Waals surface area (Å²) in [7, 11) is 0. The van der Waals surface area contributed by atoms with Gasteiger partial charge in [0.2, 0.25) is 5.91 Å². The lowest BCUT2D eigenvalue weighted by Gasteiger charge is -2.32. The van der Waals surface area contributed by atoms with Crippen LogP contribution in [-0.4, -0.2) is 39.6 Å².